The maximum atomic E-state index is 11.7. The van der Waals surface area contributed by atoms with Gasteiger partial charge in [-0.25, -0.2) is 0 Å². The summed E-state index contributed by atoms with van der Waals surface area (Å²) in [6.07, 6.45) is 6.28. The van der Waals surface area contributed by atoms with Gasteiger partial charge in [0.1, 0.15) is 0 Å². The lowest BCUT2D eigenvalue weighted by Gasteiger charge is -2.18. The van der Waals surface area contributed by atoms with Gasteiger partial charge in [0.2, 0.25) is 12.3 Å². The third kappa shape index (κ3) is 7.27. The number of halogens is 3. The van der Waals surface area contributed by atoms with E-state index in [1.807, 2.05) is 24.3 Å². The van der Waals surface area contributed by atoms with Crippen LogP contribution in [0.3, 0.4) is 0 Å². The van der Waals surface area contributed by atoms with Gasteiger partial charge in [0.05, 0.1) is 6.67 Å². The van der Waals surface area contributed by atoms with Gasteiger partial charge in [0.25, 0.3) is 0 Å². The van der Waals surface area contributed by atoms with Crippen LogP contribution in [0.15, 0.2) is 71.5 Å². The van der Waals surface area contributed by atoms with Gasteiger partial charge in [0, 0.05) is 28.7 Å². The van der Waals surface area contributed by atoms with E-state index in [0.29, 0.717) is 22.4 Å². The van der Waals surface area contributed by atoms with Crippen LogP contribution in [0, 0.1) is 12.8 Å². The molecular formula is C34H36Cl2FN3O. The van der Waals surface area contributed by atoms with Crippen LogP contribution in [0.2, 0.25) is 10.0 Å². The molecule has 0 bridgehead atoms. The first-order valence-corrected chi connectivity index (χ1v) is 15.1. The van der Waals surface area contributed by atoms with Gasteiger partial charge in [-0.2, -0.15) is 0 Å². The Morgan fingerprint density at radius 3 is 2.44 bits per heavy atom. The van der Waals surface area contributed by atoms with Crippen molar-refractivity contribution in [2.24, 2.45) is 5.92 Å². The molecule has 7 heteroatoms. The molecule has 4 aromatic rings. The molecule has 1 atom stereocenters. The van der Waals surface area contributed by atoms with Gasteiger partial charge in [-0.15, -0.1) is 10.2 Å². The van der Waals surface area contributed by atoms with Gasteiger partial charge < -0.3 is 9.32 Å². The zero-order chi connectivity index (χ0) is 28.8. The van der Waals surface area contributed by atoms with Crippen molar-refractivity contribution in [1.29, 1.82) is 0 Å². The lowest BCUT2D eigenvalue weighted by Crippen LogP contribution is -2.21. The van der Waals surface area contributed by atoms with Gasteiger partial charge in [0.15, 0.2) is 0 Å². The minimum atomic E-state index is -0.162. The van der Waals surface area contributed by atoms with E-state index in [0.717, 1.165) is 42.9 Å². The minimum absolute atomic E-state index is 0.162. The Bertz CT molecular complexity index is 1480. The summed E-state index contributed by atoms with van der Waals surface area (Å²) in [4.78, 5) is 2.35. The highest BCUT2D eigenvalue weighted by molar-refractivity contribution is 6.36. The molecule has 0 spiro atoms. The van der Waals surface area contributed by atoms with Crippen molar-refractivity contribution in [2.45, 2.75) is 46.0 Å². The second kappa shape index (κ2) is 13.8. The Kier molecular flexibility index (Phi) is 9.92. The standard InChI is InChI=1S/C26H20Cl2N2O.C8H16FN/c1-16-5-7-17(8-6-16)25-21-11-9-19(26-30-29-15-31-26)13-18(21)3-2-4-23(25)22-12-10-20(27)14-24(22)28;1-8-3-6-10(7-8)5-2-4-9/h5-15H,2-4H2,1H3;8H,2-7H2,1H3. The fourth-order valence-electron chi connectivity index (χ4n) is 5.79. The molecule has 0 saturated carbocycles. The van der Waals surface area contributed by atoms with E-state index < -0.39 is 0 Å². The Balaban J connectivity index is 0.000000287. The van der Waals surface area contributed by atoms with Crippen LogP contribution in [0.5, 0.6) is 0 Å². The van der Waals surface area contributed by atoms with Crippen molar-refractivity contribution < 1.29 is 8.81 Å². The Hall–Kier alpha value is -2.99. The van der Waals surface area contributed by atoms with E-state index >= 15 is 0 Å². The van der Waals surface area contributed by atoms with Crippen molar-refractivity contribution in [2.75, 3.05) is 26.3 Å². The molecular weight excluding hydrogens is 556 g/mol. The zero-order valence-electron chi connectivity index (χ0n) is 23.7. The van der Waals surface area contributed by atoms with Crippen LogP contribution >= 0.6 is 23.2 Å². The molecule has 1 aliphatic heterocycles. The molecule has 1 unspecified atom stereocenters. The Morgan fingerprint density at radius 2 is 1.76 bits per heavy atom. The van der Waals surface area contributed by atoms with E-state index in [2.05, 4.69) is 65.3 Å². The average Bonchev–Trinajstić information content (AvgIpc) is 3.62. The van der Waals surface area contributed by atoms with E-state index in [4.69, 9.17) is 27.6 Å². The quantitative estimate of drug-likeness (QED) is 0.224. The summed E-state index contributed by atoms with van der Waals surface area (Å²) < 4.78 is 17.1. The number of allylic oxidation sites excluding steroid dienone is 1. The Labute approximate surface area is 252 Å². The molecule has 2 aliphatic rings. The smallest absolute Gasteiger partial charge is 0.247 e. The molecule has 1 aromatic heterocycles. The van der Waals surface area contributed by atoms with Gasteiger partial charge in [-0.05, 0) is 109 Å². The third-order valence-electron chi connectivity index (χ3n) is 7.87. The first-order chi connectivity index (χ1) is 19.9. The third-order valence-corrected chi connectivity index (χ3v) is 8.42. The molecule has 1 fully saturated rings. The number of aromatic nitrogens is 2. The molecule has 4 nitrogen and oxygen atoms in total. The van der Waals surface area contributed by atoms with E-state index in [9.17, 15) is 4.39 Å². The van der Waals surface area contributed by atoms with Gasteiger partial charge >= 0.3 is 0 Å². The topological polar surface area (TPSA) is 42.2 Å². The van der Waals surface area contributed by atoms with Crippen molar-refractivity contribution in [3.8, 4) is 11.5 Å². The number of aryl methyl sites for hydroxylation is 2. The van der Waals surface area contributed by atoms with Crippen LogP contribution in [0.1, 0.15) is 60.4 Å². The molecule has 0 N–H and O–H groups in total. The monoisotopic (exact) mass is 591 g/mol. The van der Waals surface area contributed by atoms with E-state index in [1.165, 1.54) is 59.3 Å². The molecule has 41 heavy (non-hydrogen) atoms. The van der Waals surface area contributed by atoms with Gasteiger partial charge in [-0.3, -0.25) is 4.39 Å². The molecule has 214 valence electrons. The van der Waals surface area contributed by atoms with Crippen molar-refractivity contribution in [3.05, 3.63) is 105 Å². The number of hydrogen-bond donors (Lipinski definition) is 0. The summed E-state index contributed by atoms with van der Waals surface area (Å²) in [5.74, 6) is 1.37. The summed E-state index contributed by atoms with van der Waals surface area (Å²) in [5, 5.41) is 9.21. The van der Waals surface area contributed by atoms with Gasteiger partial charge in [-0.1, -0.05) is 72.1 Å². The summed E-state index contributed by atoms with van der Waals surface area (Å²) in [7, 11) is 0. The number of nitrogens with zero attached hydrogens (tertiary/aromatic N) is 3. The van der Waals surface area contributed by atoms with Crippen LogP contribution in [-0.2, 0) is 6.42 Å². The second-order valence-corrected chi connectivity index (χ2v) is 11.9. The summed E-state index contributed by atoms with van der Waals surface area (Å²) in [5.41, 5.74) is 9.33. The summed E-state index contributed by atoms with van der Waals surface area (Å²) in [6, 6.07) is 20.8. The highest BCUT2D eigenvalue weighted by Gasteiger charge is 2.22. The SMILES string of the molecule is CC1CCN(CCCF)C1.Cc1ccc(C2=C(c3ccc(Cl)cc3Cl)CCCc3cc(-c4nnco4)ccc32)cc1. The van der Waals surface area contributed by atoms with Crippen molar-refractivity contribution >= 4 is 34.3 Å². The Morgan fingerprint density at radius 1 is 0.976 bits per heavy atom. The fourth-order valence-corrected chi connectivity index (χ4v) is 6.31. The first kappa shape index (κ1) is 29.5. The lowest BCUT2D eigenvalue weighted by atomic mass is 9.87. The number of likely N-dealkylation sites (tertiary alicyclic amines) is 1. The fraction of sp³-hybridized carbons (Fsp3) is 0.353. The predicted molar refractivity (Wildman–Crippen MR) is 167 cm³/mol. The van der Waals surface area contributed by atoms with Crippen LogP contribution < -0.4 is 0 Å². The highest BCUT2D eigenvalue weighted by atomic mass is 35.5. The van der Waals surface area contributed by atoms with E-state index in [1.54, 1.807) is 0 Å². The minimum Gasteiger partial charge on any atom is -0.423 e. The summed E-state index contributed by atoms with van der Waals surface area (Å²) in [6.45, 7) is 7.52. The molecule has 0 radical (unpaired) electrons. The van der Waals surface area contributed by atoms with Crippen LogP contribution in [0.25, 0.3) is 22.6 Å². The maximum absolute atomic E-state index is 11.7. The first-order valence-electron chi connectivity index (χ1n) is 14.4. The highest BCUT2D eigenvalue weighted by Crippen LogP contribution is 2.43. The molecule has 0 amide bonds. The van der Waals surface area contributed by atoms with Crippen molar-refractivity contribution in [3.63, 3.8) is 0 Å². The lowest BCUT2D eigenvalue weighted by molar-refractivity contribution is 0.304. The zero-order valence-corrected chi connectivity index (χ0v) is 25.2. The van der Waals surface area contributed by atoms with Crippen molar-refractivity contribution in [1.82, 2.24) is 15.1 Å². The van der Waals surface area contributed by atoms with Crippen LogP contribution in [0.4, 0.5) is 4.39 Å². The van der Waals surface area contributed by atoms with E-state index in [-0.39, 0.29) is 6.67 Å². The maximum Gasteiger partial charge on any atom is 0.247 e. The number of fused-ring (bicyclic) bond motifs is 1. The molecule has 1 aliphatic carbocycles. The molecule has 3 aromatic carbocycles. The molecule has 1 saturated heterocycles. The van der Waals surface area contributed by atoms with Crippen LogP contribution in [-0.4, -0.2) is 41.4 Å². The average molecular weight is 593 g/mol. The number of benzene rings is 3. The molecule has 6 rings (SSSR count). The largest absolute Gasteiger partial charge is 0.423 e. The number of alkyl halides is 1. The number of rotatable bonds is 6. The molecule has 2 heterocycles. The summed E-state index contributed by atoms with van der Waals surface area (Å²) >= 11 is 12.9. The number of hydrogen-bond acceptors (Lipinski definition) is 4. The normalized spacial score (nSPS) is 17.1. The predicted octanol–water partition coefficient (Wildman–Crippen LogP) is 9.34. The second-order valence-electron chi connectivity index (χ2n) is 11.1.